The van der Waals surface area contributed by atoms with Gasteiger partial charge in [0.25, 0.3) is 5.91 Å². The number of hydrogen-bond acceptors (Lipinski definition) is 4. The first-order valence-electron chi connectivity index (χ1n) is 4.69. The molecule has 0 heterocycles. The van der Waals surface area contributed by atoms with Crippen LogP contribution in [0.3, 0.4) is 0 Å². The van der Waals surface area contributed by atoms with Gasteiger partial charge in [-0.1, -0.05) is 0 Å². The number of nitriles is 1. The minimum Gasteiger partial charge on any atom is -0.365 e. The van der Waals surface area contributed by atoms with E-state index in [2.05, 4.69) is 5.32 Å². The molecule has 4 nitrogen and oxygen atoms in total. The predicted octanol–water partition coefficient (Wildman–Crippen LogP) is 1.96. The molecule has 1 aromatic carbocycles. The summed E-state index contributed by atoms with van der Waals surface area (Å²) in [7, 11) is 0. The first-order chi connectivity index (χ1) is 8.49. The molecular weight excluding hydrogens is 260 g/mol. The number of carbonyl (C=O) groups excluding carboxylic acids is 1. The fraction of sp³-hybridized carbons (Fsp3) is 0.0909. The third-order valence-corrected chi connectivity index (χ3v) is 2.68. The Morgan fingerprint density at radius 2 is 2.11 bits per heavy atom. The van der Waals surface area contributed by atoms with Gasteiger partial charge in [0.2, 0.25) is 0 Å². The largest absolute Gasteiger partial charge is 0.365 e. The zero-order chi connectivity index (χ0) is 13.7. The van der Waals surface area contributed by atoms with E-state index in [0.717, 1.165) is 23.9 Å². The van der Waals surface area contributed by atoms with Gasteiger partial charge in [-0.25, -0.2) is 8.78 Å². The van der Waals surface area contributed by atoms with Crippen LogP contribution < -0.4 is 11.1 Å². The minimum absolute atomic E-state index is 0.177. The summed E-state index contributed by atoms with van der Waals surface area (Å²) in [5.41, 5.74) is 4.97. The highest BCUT2D eigenvalue weighted by atomic mass is 32.2. The molecule has 94 valence electrons. The number of nitrogens with one attached hydrogen (secondary N) is 1. The Balaban J connectivity index is 3.10. The van der Waals surface area contributed by atoms with Crippen molar-refractivity contribution in [2.45, 2.75) is 0 Å². The Morgan fingerprint density at radius 3 is 2.56 bits per heavy atom. The van der Waals surface area contributed by atoms with Crippen LogP contribution in [0.4, 0.5) is 14.5 Å². The summed E-state index contributed by atoms with van der Waals surface area (Å²) in [5.74, 6) is -2.90. The second-order valence-electron chi connectivity index (χ2n) is 3.14. The average Bonchev–Trinajstić information content (AvgIpc) is 2.33. The van der Waals surface area contributed by atoms with Crippen LogP contribution in [0, 0.1) is 23.0 Å². The quantitative estimate of drug-likeness (QED) is 0.647. The van der Waals surface area contributed by atoms with Gasteiger partial charge in [-0.15, -0.1) is 11.8 Å². The molecule has 0 aromatic heterocycles. The number of halogens is 2. The number of thioether (sulfide) groups is 1. The van der Waals surface area contributed by atoms with Gasteiger partial charge in [0, 0.05) is 11.8 Å². The Hall–Kier alpha value is -2.07. The third-order valence-electron chi connectivity index (χ3n) is 1.97. The lowest BCUT2D eigenvalue weighted by Crippen LogP contribution is -2.16. The molecule has 18 heavy (non-hydrogen) atoms. The monoisotopic (exact) mass is 269 g/mol. The van der Waals surface area contributed by atoms with Crippen LogP contribution >= 0.6 is 11.8 Å². The first kappa shape index (κ1) is 14.0. The number of carbonyl (C=O) groups is 1. The standard InChI is InChI=1S/C11H9F2N3OS/c1-18-11(7(5-14)10(15)17)16-6-2-3-8(12)9(13)4-6/h2-4,16H,1H3,(H2,15,17)/b11-7+. The molecule has 0 spiro atoms. The number of nitrogens with two attached hydrogens (primary N) is 1. The van der Waals surface area contributed by atoms with E-state index in [-0.39, 0.29) is 16.3 Å². The van der Waals surface area contributed by atoms with Crippen molar-refractivity contribution in [3.8, 4) is 6.07 Å². The van der Waals surface area contributed by atoms with Gasteiger partial charge in [0.1, 0.15) is 11.6 Å². The van der Waals surface area contributed by atoms with Gasteiger partial charge in [0.15, 0.2) is 11.6 Å². The fourth-order valence-electron chi connectivity index (χ4n) is 1.14. The molecule has 1 rings (SSSR count). The van der Waals surface area contributed by atoms with Gasteiger partial charge in [0.05, 0.1) is 5.03 Å². The van der Waals surface area contributed by atoms with Crippen molar-refractivity contribution in [1.29, 1.82) is 5.26 Å². The Bertz CT molecular complexity index is 552. The molecular formula is C11H9F2N3OS. The van der Waals surface area contributed by atoms with E-state index in [1.807, 2.05) is 0 Å². The number of anilines is 1. The molecule has 0 bridgehead atoms. The van der Waals surface area contributed by atoms with Crippen LogP contribution in [0.1, 0.15) is 0 Å². The molecule has 1 amide bonds. The molecule has 0 radical (unpaired) electrons. The number of nitrogens with zero attached hydrogens (tertiary/aromatic N) is 1. The highest BCUT2D eigenvalue weighted by Crippen LogP contribution is 2.21. The van der Waals surface area contributed by atoms with Gasteiger partial charge in [-0.05, 0) is 18.4 Å². The summed E-state index contributed by atoms with van der Waals surface area (Å²) < 4.78 is 25.7. The van der Waals surface area contributed by atoms with Crippen LogP contribution in [0.2, 0.25) is 0 Å². The zero-order valence-electron chi connectivity index (χ0n) is 9.33. The molecule has 1 aromatic rings. The molecule has 3 N–H and O–H groups in total. The lowest BCUT2D eigenvalue weighted by molar-refractivity contribution is -0.114. The lowest BCUT2D eigenvalue weighted by Gasteiger charge is -2.09. The highest BCUT2D eigenvalue weighted by molar-refractivity contribution is 8.02. The van der Waals surface area contributed by atoms with E-state index >= 15 is 0 Å². The van der Waals surface area contributed by atoms with E-state index in [4.69, 9.17) is 11.0 Å². The van der Waals surface area contributed by atoms with Crippen LogP contribution in [0.5, 0.6) is 0 Å². The number of rotatable bonds is 4. The zero-order valence-corrected chi connectivity index (χ0v) is 10.1. The van der Waals surface area contributed by atoms with Gasteiger partial charge in [-0.3, -0.25) is 4.79 Å². The van der Waals surface area contributed by atoms with Crippen LogP contribution in [0.25, 0.3) is 0 Å². The van der Waals surface area contributed by atoms with E-state index in [0.29, 0.717) is 0 Å². The average molecular weight is 269 g/mol. The third kappa shape index (κ3) is 3.21. The topological polar surface area (TPSA) is 78.9 Å². The van der Waals surface area contributed by atoms with E-state index in [9.17, 15) is 13.6 Å². The second-order valence-corrected chi connectivity index (χ2v) is 3.95. The Morgan fingerprint density at radius 1 is 1.44 bits per heavy atom. The van der Waals surface area contributed by atoms with Crippen LogP contribution in [-0.4, -0.2) is 12.2 Å². The maximum atomic E-state index is 13.0. The fourth-order valence-corrected chi connectivity index (χ4v) is 1.71. The van der Waals surface area contributed by atoms with Crippen molar-refractivity contribution in [3.05, 3.63) is 40.4 Å². The number of benzene rings is 1. The van der Waals surface area contributed by atoms with E-state index in [1.165, 1.54) is 6.07 Å². The second kappa shape index (κ2) is 6.02. The van der Waals surface area contributed by atoms with Crippen molar-refractivity contribution < 1.29 is 13.6 Å². The maximum absolute atomic E-state index is 13.0. The summed E-state index contributed by atoms with van der Waals surface area (Å²) in [6.07, 6.45) is 1.61. The maximum Gasteiger partial charge on any atom is 0.262 e. The van der Waals surface area contributed by atoms with Gasteiger partial charge in [-0.2, -0.15) is 5.26 Å². The minimum atomic E-state index is -1.03. The van der Waals surface area contributed by atoms with Crippen molar-refractivity contribution in [2.24, 2.45) is 5.73 Å². The van der Waals surface area contributed by atoms with Crippen molar-refractivity contribution >= 4 is 23.4 Å². The first-order valence-corrected chi connectivity index (χ1v) is 5.92. The van der Waals surface area contributed by atoms with E-state index < -0.39 is 17.5 Å². The summed E-state index contributed by atoms with van der Waals surface area (Å²) in [5, 5.41) is 11.6. The van der Waals surface area contributed by atoms with Crippen molar-refractivity contribution in [3.63, 3.8) is 0 Å². The predicted molar refractivity (Wildman–Crippen MR) is 65.3 cm³/mol. The smallest absolute Gasteiger partial charge is 0.262 e. The number of hydrogen-bond donors (Lipinski definition) is 2. The van der Waals surface area contributed by atoms with Crippen LogP contribution in [-0.2, 0) is 4.79 Å². The molecule has 0 aliphatic carbocycles. The molecule has 7 heteroatoms. The highest BCUT2D eigenvalue weighted by Gasteiger charge is 2.12. The van der Waals surface area contributed by atoms with Crippen molar-refractivity contribution in [2.75, 3.05) is 11.6 Å². The Kier molecular flexibility index (Phi) is 4.68. The molecule has 0 fully saturated rings. The van der Waals surface area contributed by atoms with Gasteiger partial charge >= 0.3 is 0 Å². The molecule has 0 saturated heterocycles. The molecule has 0 aliphatic rings. The number of primary amides is 1. The normalized spacial score (nSPS) is 11.4. The van der Waals surface area contributed by atoms with Crippen LogP contribution in [0.15, 0.2) is 28.8 Å². The summed E-state index contributed by atoms with van der Waals surface area (Å²) in [6, 6.07) is 4.79. The SMILES string of the molecule is CS/C(Nc1ccc(F)c(F)c1)=C(\C#N)C(N)=O. The molecule has 0 aliphatic heterocycles. The van der Waals surface area contributed by atoms with Gasteiger partial charge < -0.3 is 11.1 Å². The summed E-state index contributed by atoms with van der Waals surface area (Å²) in [4.78, 5) is 11.0. The summed E-state index contributed by atoms with van der Waals surface area (Å²) >= 11 is 1.06. The van der Waals surface area contributed by atoms with E-state index in [1.54, 1.807) is 12.3 Å². The molecule has 0 unspecified atom stereocenters. The molecule has 0 saturated carbocycles. The lowest BCUT2D eigenvalue weighted by atomic mass is 10.2. The molecule has 0 atom stereocenters. The van der Waals surface area contributed by atoms with Crippen molar-refractivity contribution in [1.82, 2.24) is 0 Å². The number of amides is 1. The Labute approximate surface area is 106 Å². The summed E-state index contributed by atoms with van der Waals surface area (Å²) in [6.45, 7) is 0.